The van der Waals surface area contributed by atoms with Crippen LogP contribution >= 0.6 is 0 Å². The molecule has 0 N–H and O–H groups in total. The Labute approximate surface area is 127 Å². The Morgan fingerprint density at radius 3 is 2.64 bits per heavy atom. The fraction of sp³-hybridized carbons (Fsp3) is 0.312. The van der Waals surface area contributed by atoms with Crippen LogP contribution in [0.2, 0.25) is 0 Å². The van der Waals surface area contributed by atoms with Crippen LogP contribution in [0.15, 0.2) is 36.4 Å². The van der Waals surface area contributed by atoms with E-state index in [1.165, 1.54) is 31.2 Å². The smallest absolute Gasteiger partial charge is 0.333 e. The van der Waals surface area contributed by atoms with Crippen molar-refractivity contribution in [3.05, 3.63) is 42.2 Å². The third kappa shape index (κ3) is 5.87. The first-order valence-electron chi connectivity index (χ1n) is 6.67. The number of aldehydes is 1. The van der Waals surface area contributed by atoms with Crippen LogP contribution in [0, 0.1) is 11.7 Å². The molecule has 22 heavy (non-hydrogen) atoms. The van der Waals surface area contributed by atoms with Gasteiger partial charge in [-0.15, -0.1) is 0 Å². The first-order chi connectivity index (χ1) is 10.4. The molecule has 0 amide bonds. The molecule has 0 aliphatic heterocycles. The van der Waals surface area contributed by atoms with Crippen LogP contribution in [-0.2, 0) is 19.1 Å². The molecule has 6 heteroatoms. The van der Waals surface area contributed by atoms with Crippen molar-refractivity contribution in [1.29, 1.82) is 0 Å². The molecule has 0 radical (unpaired) electrons. The van der Waals surface area contributed by atoms with E-state index in [0.29, 0.717) is 6.29 Å². The van der Waals surface area contributed by atoms with Gasteiger partial charge in [0, 0.05) is 17.9 Å². The molecule has 0 bridgehead atoms. The van der Waals surface area contributed by atoms with Gasteiger partial charge in [-0.25, -0.2) is 9.18 Å². The second-order valence-electron chi connectivity index (χ2n) is 4.72. The number of esters is 2. The molecular formula is C16H17FO5. The largest absolute Gasteiger partial charge is 0.462 e. The molecule has 0 aliphatic carbocycles. The highest BCUT2D eigenvalue weighted by atomic mass is 19.1. The van der Waals surface area contributed by atoms with Gasteiger partial charge in [0.1, 0.15) is 12.9 Å². The maximum atomic E-state index is 13.3. The van der Waals surface area contributed by atoms with Crippen LogP contribution < -0.4 is 4.74 Å². The maximum absolute atomic E-state index is 13.3. The second-order valence-corrected chi connectivity index (χ2v) is 4.72. The summed E-state index contributed by atoms with van der Waals surface area (Å²) < 4.78 is 23.0. The van der Waals surface area contributed by atoms with E-state index in [4.69, 9.17) is 9.47 Å². The van der Waals surface area contributed by atoms with Crippen molar-refractivity contribution in [2.24, 2.45) is 5.92 Å². The summed E-state index contributed by atoms with van der Waals surface area (Å²) in [5, 5.41) is 0. The third-order valence-corrected chi connectivity index (χ3v) is 2.75. The summed E-state index contributed by atoms with van der Waals surface area (Å²) in [6.45, 7) is 4.77. The Morgan fingerprint density at radius 1 is 1.36 bits per heavy atom. The Morgan fingerprint density at radius 2 is 2.05 bits per heavy atom. The molecule has 0 saturated carbocycles. The van der Waals surface area contributed by atoms with Crippen LogP contribution in [0.1, 0.15) is 19.8 Å². The molecule has 1 unspecified atom stereocenters. The molecule has 5 nitrogen and oxygen atoms in total. The van der Waals surface area contributed by atoms with Gasteiger partial charge < -0.3 is 14.3 Å². The molecule has 1 atom stereocenters. The Kier molecular flexibility index (Phi) is 6.95. The zero-order valence-electron chi connectivity index (χ0n) is 12.2. The number of ether oxygens (including phenoxy) is 2. The first-order valence-corrected chi connectivity index (χ1v) is 6.67. The van der Waals surface area contributed by atoms with Gasteiger partial charge in [0.25, 0.3) is 0 Å². The lowest BCUT2D eigenvalue weighted by Crippen LogP contribution is -2.18. The van der Waals surface area contributed by atoms with E-state index in [9.17, 15) is 18.8 Å². The van der Waals surface area contributed by atoms with Gasteiger partial charge in [0.15, 0.2) is 11.6 Å². The summed E-state index contributed by atoms with van der Waals surface area (Å²) in [7, 11) is 0. The lowest BCUT2D eigenvalue weighted by atomic mass is 10.1. The summed E-state index contributed by atoms with van der Waals surface area (Å²) >= 11 is 0. The highest BCUT2D eigenvalue weighted by Crippen LogP contribution is 2.17. The summed E-state index contributed by atoms with van der Waals surface area (Å²) in [5.41, 5.74) is 0.226. The molecule has 1 aromatic carbocycles. The Bertz CT molecular complexity index is 567. The van der Waals surface area contributed by atoms with Gasteiger partial charge in [-0.3, -0.25) is 4.79 Å². The molecule has 0 saturated heterocycles. The monoisotopic (exact) mass is 308 g/mol. The van der Waals surface area contributed by atoms with E-state index in [-0.39, 0.29) is 30.8 Å². The minimum Gasteiger partial charge on any atom is -0.462 e. The lowest BCUT2D eigenvalue weighted by molar-refractivity contribution is -0.141. The highest BCUT2D eigenvalue weighted by Gasteiger charge is 2.15. The normalized spacial score (nSPS) is 11.4. The summed E-state index contributed by atoms with van der Waals surface area (Å²) in [4.78, 5) is 33.7. The number of rotatable bonds is 8. The number of carbonyl (C=O) groups is 3. The van der Waals surface area contributed by atoms with Gasteiger partial charge in [-0.1, -0.05) is 18.7 Å². The van der Waals surface area contributed by atoms with E-state index >= 15 is 0 Å². The molecule has 0 aromatic heterocycles. The minimum atomic E-state index is -0.664. The third-order valence-electron chi connectivity index (χ3n) is 2.75. The van der Waals surface area contributed by atoms with Crippen molar-refractivity contribution in [2.45, 2.75) is 19.8 Å². The molecule has 1 rings (SSSR count). The molecular weight excluding hydrogens is 291 g/mol. The van der Waals surface area contributed by atoms with E-state index in [1.807, 2.05) is 0 Å². The molecule has 0 fully saturated rings. The number of para-hydroxylation sites is 1. The SMILES string of the molecule is C=C(C)C(=O)OCC(C=O)CCC(=O)Oc1ccccc1F. The van der Waals surface area contributed by atoms with Crippen LogP contribution in [0.4, 0.5) is 4.39 Å². The topological polar surface area (TPSA) is 69.7 Å². The van der Waals surface area contributed by atoms with Crippen LogP contribution in [0.25, 0.3) is 0 Å². The van der Waals surface area contributed by atoms with Gasteiger partial charge in [-0.2, -0.15) is 0 Å². The van der Waals surface area contributed by atoms with Crippen molar-refractivity contribution in [2.75, 3.05) is 6.61 Å². The maximum Gasteiger partial charge on any atom is 0.333 e. The average molecular weight is 308 g/mol. The van der Waals surface area contributed by atoms with Gasteiger partial charge in [0.05, 0.1) is 0 Å². The number of carbonyl (C=O) groups excluding carboxylic acids is 3. The number of hydrogen-bond donors (Lipinski definition) is 0. The van der Waals surface area contributed by atoms with Gasteiger partial charge in [0.2, 0.25) is 0 Å². The molecule has 118 valence electrons. The fourth-order valence-corrected chi connectivity index (χ4v) is 1.50. The predicted molar refractivity (Wildman–Crippen MR) is 76.6 cm³/mol. The lowest BCUT2D eigenvalue weighted by Gasteiger charge is -2.11. The zero-order chi connectivity index (χ0) is 16.5. The highest BCUT2D eigenvalue weighted by molar-refractivity contribution is 5.87. The minimum absolute atomic E-state index is 0.0949. The summed E-state index contributed by atoms with van der Waals surface area (Å²) in [6, 6.07) is 5.52. The average Bonchev–Trinajstić information content (AvgIpc) is 2.49. The number of benzene rings is 1. The summed E-state index contributed by atoms with van der Waals surface area (Å²) in [6.07, 6.45) is 0.644. The van der Waals surface area contributed by atoms with Crippen LogP contribution in [0.3, 0.4) is 0 Å². The van der Waals surface area contributed by atoms with Crippen molar-refractivity contribution in [1.82, 2.24) is 0 Å². The van der Waals surface area contributed by atoms with Crippen LogP contribution in [-0.4, -0.2) is 24.8 Å². The number of hydrogen-bond acceptors (Lipinski definition) is 5. The zero-order valence-corrected chi connectivity index (χ0v) is 12.2. The van der Waals surface area contributed by atoms with Crippen molar-refractivity contribution >= 4 is 18.2 Å². The second kappa shape index (κ2) is 8.71. The van der Waals surface area contributed by atoms with E-state index in [1.54, 1.807) is 0 Å². The fourth-order valence-electron chi connectivity index (χ4n) is 1.50. The molecule has 0 spiro atoms. The molecule has 1 aromatic rings. The predicted octanol–water partition coefficient (Wildman–Crippen LogP) is 2.45. The number of halogens is 1. The summed E-state index contributed by atoms with van der Waals surface area (Å²) in [5.74, 6) is -2.69. The Hall–Kier alpha value is -2.50. The van der Waals surface area contributed by atoms with Gasteiger partial charge in [-0.05, 0) is 25.5 Å². The van der Waals surface area contributed by atoms with Crippen molar-refractivity contribution in [3.63, 3.8) is 0 Å². The Balaban J connectivity index is 2.41. The van der Waals surface area contributed by atoms with Crippen LogP contribution in [0.5, 0.6) is 5.75 Å². The standard InChI is InChI=1S/C16H17FO5/c1-11(2)16(20)21-10-12(9-18)7-8-15(19)22-14-6-4-3-5-13(14)17/h3-6,9,12H,1,7-8,10H2,2H3. The van der Waals surface area contributed by atoms with E-state index in [0.717, 1.165) is 0 Å². The van der Waals surface area contributed by atoms with E-state index < -0.39 is 23.7 Å². The quantitative estimate of drug-likeness (QED) is 0.319. The van der Waals surface area contributed by atoms with Gasteiger partial charge >= 0.3 is 11.9 Å². The van der Waals surface area contributed by atoms with E-state index in [2.05, 4.69) is 6.58 Å². The first kappa shape index (κ1) is 17.6. The van der Waals surface area contributed by atoms with Crippen molar-refractivity contribution < 1.29 is 28.2 Å². The van der Waals surface area contributed by atoms with Crippen molar-refractivity contribution in [3.8, 4) is 5.75 Å². The molecule has 0 heterocycles. The molecule has 0 aliphatic rings.